The number of carbonyl (C=O) groups is 1. The number of hydrogen-bond donors (Lipinski definition) is 2. The standard InChI is InChI=1S/C15H30N2O/c1-10(2)11-8-6-7-9-12(11)17-14(18)13(16)15(3,4)5/h10-13H,6-9,16H2,1-5H3,(H,17,18)/t11?,12?,13-/m1/s1. The second kappa shape index (κ2) is 6.05. The van der Waals surface area contributed by atoms with E-state index in [1.165, 1.54) is 19.3 Å². The Morgan fingerprint density at radius 3 is 2.28 bits per heavy atom. The van der Waals surface area contributed by atoms with Crippen LogP contribution in [0.15, 0.2) is 0 Å². The molecular formula is C15H30N2O. The zero-order valence-corrected chi connectivity index (χ0v) is 12.6. The summed E-state index contributed by atoms with van der Waals surface area (Å²) in [4.78, 5) is 12.2. The van der Waals surface area contributed by atoms with E-state index >= 15 is 0 Å². The maximum Gasteiger partial charge on any atom is 0.237 e. The molecule has 1 aliphatic carbocycles. The summed E-state index contributed by atoms with van der Waals surface area (Å²) >= 11 is 0. The van der Waals surface area contributed by atoms with Crippen LogP contribution in [0, 0.1) is 17.3 Å². The predicted octanol–water partition coefficient (Wildman–Crippen LogP) is 2.69. The van der Waals surface area contributed by atoms with Crippen molar-refractivity contribution in [2.24, 2.45) is 23.0 Å². The van der Waals surface area contributed by atoms with Crippen LogP contribution in [-0.2, 0) is 4.79 Å². The van der Waals surface area contributed by atoms with Gasteiger partial charge in [0.15, 0.2) is 0 Å². The van der Waals surface area contributed by atoms with E-state index in [2.05, 4.69) is 19.2 Å². The fourth-order valence-corrected chi connectivity index (χ4v) is 2.80. The molecule has 0 radical (unpaired) electrons. The third-order valence-corrected chi connectivity index (χ3v) is 4.22. The first kappa shape index (κ1) is 15.5. The topological polar surface area (TPSA) is 55.1 Å². The van der Waals surface area contributed by atoms with E-state index < -0.39 is 6.04 Å². The van der Waals surface area contributed by atoms with Crippen LogP contribution in [0.1, 0.15) is 60.3 Å². The zero-order valence-electron chi connectivity index (χ0n) is 12.6. The molecule has 0 saturated heterocycles. The van der Waals surface area contributed by atoms with Gasteiger partial charge in [-0.05, 0) is 30.1 Å². The van der Waals surface area contributed by atoms with Crippen molar-refractivity contribution in [2.45, 2.75) is 72.4 Å². The van der Waals surface area contributed by atoms with Crippen LogP contribution in [0.3, 0.4) is 0 Å². The molecule has 1 aliphatic rings. The largest absolute Gasteiger partial charge is 0.352 e. The van der Waals surface area contributed by atoms with Gasteiger partial charge in [0.1, 0.15) is 0 Å². The highest BCUT2D eigenvalue weighted by Crippen LogP contribution is 2.30. The van der Waals surface area contributed by atoms with Gasteiger partial charge in [-0.25, -0.2) is 0 Å². The Balaban J connectivity index is 2.62. The van der Waals surface area contributed by atoms with E-state index in [0.717, 1.165) is 6.42 Å². The van der Waals surface area contributed by atoms with Crippen molar-refractivity contribution in [2.75, 3.05) is 0 Å². The molecule has 3 atom stereocenters. The minimum absolute atomic E-state index is 0.0139. The van der Waals surface area contributed by atoms with Gasteiger partial charge in [0.2, 0.25) is 5.91 Å². The van der Waals surface area contributed by atoms with E-state index in [1.807, 2.05) is 20.8 Å². The summed E-state index contributed by atoms with van der Waals surface area (Å²) in [6.07, 6.45) is 4.85. The van der Waals surface area contributed by atoms with Gasteiger partial charge in [-0.1, -0.05) is 47.5 Å². The first-order valence-electron chi connectivity index (χ1n) is 7.29. The lowest BCUT2D eigenvalue weighted by atomic mass is 9.77. The number of hydrogen-bond acceptors (Lipinski definition) is 2. The second-order valence-corrected chi connectivity index (χ2v) is 7.15. The number of nitrogens with one attached hydrogen (secondary N) is 1. The van der Waals surface area contributed by atoms with Crippen molar-refractivity contribution in [1.82, 2.24) is 5.32 Å². The molecule has 0 bridgehead atoms. The van der Waals surface area contributed by atoms with Crippen molar-refractivity contribution >= 4 is 5.91 Å². The smallest absolute Gasteiger partial charge is 0.237 e. The third kappa shape index (κ3) is 3.98. The molecule has 0 aromatic carbocycles. The van der Waals surface area contributed by atoms with Crippen molar-refractivity contribution in [3.05, 3.63) is 0 Å². The van der Waals surface area contributed by atoms with E-state index in [9.17, 15) is 4.79 Å². The summed E-state index contributed by atoms with van der Waals surface area (Å²) in [7, 11) is 0. The zero-order chi connectivity index (χ0) is 13.9. The van der Waals surface area contributed by atoms with Crippen LogP contribution >= 0.6 is 0 Å². The Hall–Kier alpha value is -0.570. The molecule has 0 spiro atoms. The Labute approximate surface area is 112 Å². The van der Waals surface area contributed by atoms with Crippen molar-refractivity contribution in [1.29, 1.82) is 0 Å². The number of amides is 1. The highest BCUT2D eigenvalue weighted by Gasteiger charge is 2.33. The van der Waals surface area contributed by atoms with E-state index in [4.69, 9.17) is 5.73 Å². The second-order valence-electron chi connectivity index (χ2n) is 7.15. The Kier molecular flexibility index (Phi) is 5.20. The van der Waals surface area contributed by atoms with Crippen LogP contribution in [-0.4, -0.2) is 18.0 Å². The lowest BCUT2D eigenvalue weighted by molar-refractivity contribution is -0.126. The van der Waals surface area contributed by atoms with Gasteiger partial charge in [0.25, 0.3) is 0 Å². The molecule has 3 N–H and O–H groups in total. The van der Waals surface area contributed by atoms with Gasteiger partial charge >= 0.3 is 0 Å². The van der Waals surface area contributed by atoms with Crippen LogP contribution in [0.5, 0.6) is 0 Å². The molecule has 2 unspecified atom stereocenters. The minimum Gasteiger partial charge on any atom is -0.352 e. The quantitative estimate of drug-likeness (QED) is 0.813. The maximum atomic E-state index is 12.2. The summed E-state index contributed by atoms with van der Waals surface area (Å²) in [6.45, 7) is 10.5. The van der Waals surface area contributed by atoms with Crippen molar-refractivity contribution < 1.29 is 4.79 Å². The molecule has 0 heterocycles. The van der Waals surface area contributed by atoms with Gasteiger partial charge in [-0.2, -0.15) is 0 Å². The lowest BCUT2D eigenvalue weighted by Gasteiger charge is -2.36. The van der Waals surface area contributed by atoms with Crippen LogP contribution in [0.2, 0.25) is 0 Å². The summed E-state index contributed by atoms with van der Waals surface area (Å²) in [5.74, 6) is 1.25. The van der Waals surface area contributed by atoms with Gasteiger partial charge in [-0.3, -0.25) is 4.79 Å². The van der Waals surface area contributed by atoms with E-state index in [0.29, 0.717) is 17.9 Å². The molecule has 3 heteroatoms. The van der Waals surface area contributed by atoms with E-state index in [-0.39, 0.29) is 11.3 Å². The Morgan fingerprint density at radius 2 is 1.78 bits per heavy atom. The van der Waals surface area contributed by atoms with Crippen molar-refractivity contribution in [3.8, 4) is 0 Å². The number of carbonyl (C=O) groups excluding carboxylic acids is 1. The molecular weight excluding hydrogens is 224 g/mol. The molecule has 106 valence electrons. The molecule has 1 saturated carbocycles. The van der Waals surface area contributed by atoms with Crippen LogP contribution in [0.25, 0.3) is 0 Å². The summed E-state index contributed by atoms with van der Waals surface area (Å²) in [5.41, 5.74) is 5.85. The van der Waals surface area contributed by atoms with E-state index in [1.54, 1.807) is 0 Å². The first-order chi connectivity index (χ1) is 8.23. The maximum absolute atomic E-state index is 12.2. The summed E-state index contributed by atoms with van der Waals surface area (Å²) in [5, 5.41) is 3.19. The predicted molar refractivity (Wildman–Crippen MR) is 76.2 cm³/mol. The average Bonchev–Trinajstić information content (AvgIpc) is 2.27. The fourth-order valence-electron chi connectivity index (χ4n) is 2.80. The number of nitrogens with two attached hydrogens (primary N) is 1. The average molecular weight is 254 g/mol. The highest BCUT2D eigenvalue weighted by atomic mass is 16.2. The molecule has 1 fully saturated rings. The van der Waals surface area contributed by atoms with Crippen molar-refractivity contribution in [3.63, 3.8) is 0 Å². The molecule has 18 heavy (non-hydrogen) atoms. The summed E-state index contributed by atoms with van der Waals surface area (Å²) < 4.78 is 0. The van der Waals surface area contributed by atoms with Gasteiger partial charge < -0.3 is 11.1 Å². The van der Waals surface area contributed by atoms with Gasteiger partial charge in [-0.15, -0.1) is 0 Å². The molecule has 3 nitrogen and oxygen atoms in total. The first-order valence-corrected chi connectivity index (χ1v) is 7.29. The SMILES string of the molecule is CC(C)C1CCCCC1NC(=O)[C@@H](N)C(C)(C)C. The third-order valence-electron chi connectivity index (χ3n) is 4.22. The van der Waals surface area contributed by atoms with Gasteiger partial charge in [0, 0.05) is 6.04 Å². The summed E-state index contributed by atoms with van der Waals surface area (Å²) in [6, 6.07) is -0.105. The number of rotatable bonds is 3. The molecule has 1 amide bonds. The fraction of sp³-hybridized carbons (Fsp3) is 0.933. The molecule has 0 aromatic heterocycles. The lowest BCUT2D eigenvalue weighted by Crippen LogP contribution is -2.54. The Bertz CT molecular complexity index is 281. The monoisotopic (exact) mass is 254 g/mol. The normalized spacial score (nSPS) is 27.1. The molecule has 0 aliphatic heterocycles. The molecule has 1 rings (SSSR count). The molecule has 0 aromatic rings. The van der Waals surface area contributed by atoms with Crippen LogP contribution < -0.4 is 11.1 Å². The Morgan fingerprint density at radius 1 is 1.22 bits per heavy atom. The highest BCUT2D eigenvalue weighted by molar-refractivity contribution is 5.82. The minimum atomic E-state index is -0.424. The van der Waals surface area contributed by atoms with Gasteiger partial charge in [0.05, 0.1) is 6.04 Å². The van der Waals surface area contributed by atoms with Crippen LogP contribution in [0.4, 0.5) is 0 Å².